The largest absolute Gasteiger partial charge is 0.417 e. The van der Waals surface area contributed by atoms with Crippen molar-refractivity contribution in [1.82, 2.24) is 5.32 Å². The number of nitrogens with one attached hydrogen (secondary N) is 2. The predicted octanol–water partition coefficient (Wildman–Crippen LogP) is 1.44. The van der Waals surface area contributed by atoms with Gasteiger partial charge in [-0.2, -0.15) is 13.2 Å². The first kappa shape index (κ1) is 14.3. The Balaban J connectivity index is 3.02. The number of primary amides is 1. The number of nitrogens with two attached hydrogens (primary N) is 1. The van der Waals surface area contributed by atoms with Crippen LogP contribution in [0.25, 0.3) is 0 Å². The smallest absolute Gasteiger partial charge is 0.384 e. The van der Waals surface area contributed by atoms with Gasteiger partial charge in [-0.05, 0) is 25.2 Å². The van der Waals surface area contributed by atoms with Gasteiger partial charge in [0.2, 0.25) is 5.91 Å². The molecular weight excluding hydrogens is 247 g/mol. The van der Waals surface area contributed by atoms with Crippen molar-refractivity contribution in [2.75, 3.05) is 25.5 Å². The van der Waals surface area contributed by atoms with Crippen molar-refractivity contribution in [1.29, 1.82) is 0 Å². The fraction of sp³-hybridized carbons (Fsp3) is 0.364. The second-order valence-corrected chi connectivity index (χ2v) is 3.65. The molecule has 100 valence electrons. The fourth-order valence-electron chi connectivity index (χ4n) is 1.44. The van der Waals surface area contributed by atoms with Crippen LogP contribution >= 0.6 is 0 Å². The number of hydrogen-bond acceptors (Lipinski definition) is 3. The number of likely N-dealkylation sites (N-methyl/N-ethyl adjacent to an activating group) is 1. The van der Waals surface area contributed by atoms with Crippen molar-refractivity contribution >= 4 is 11.6 Å². The molecule has 0 atom stereocenters. The van der Waals surface area contributed by atoms with Crippen LogP contribution in [0.3, 0.4) is 0 Å². The van der Waals surface area contributed by atoms with Gasteiger partial charge >= 0.3 is 6.18 Å². The van der Waals surface area contributed by atoms with Crippen LogP contribution in [0.4, 0.5) is 18.9 Å². The molecule has 4 N–H and O–H groups in total. The third-order valence-electron chi connectivity index (χ3n) is 2.29. The van der Waals surface area contributed by atoms with Crippen molar-refractivity contribution in [3.8, 4) is 0 Å². The molecule has 0 heterocycles. The molecule has 4 nitrogen and oxygen atoms in total. The summed E-state index contributed by atoms with van der Waals surface area (Å²) in [6.07, 6.45) is -4.61. The second kappa shape index (κ2) is 5.72. The molecule has 1 aromatic carbocycles. The van der Waals surface area contributed by atoms with Crippen LogP contribution in [0.15, 0.2) is 18.2 Å². The number of amides is 1. The highest BCUT2D eigenvalue weighted by molar-refractivity contribution is 5.95. The van der Waals surface area contributed by atoms with E-state index in [9.17, 15) is 18.0 Å². The Morgan fingerprint density at radius 2 is 2.00 bits per heavy atom. The van der Waals surface area contributed by atoms with E-state index in [-0.39, 0.29) is 0 Å². The van der Waals surface area contributed by atoms with Gasteiger partial charge in [-0.25, -0.2) is 0 Å². The molecule has 0 fully saturated rings. The van der Waals surface area contributed by atoms with Gasteiger partial charge in [-0.3, -0.25) is 4.79 Å². The molecule has 1 amide bonds. The van der Waals surface area contributed by atoms with Crippen molar-refractivity contribution in [2.45, 2.75) is 6.18 Å². The van der Waals surface area contributed by atoms with Gasteiger partial charge in [-0.15, -0.1) is 0 Å². The zero-order valence-electron chi connectivity index (χ0n) is 9.77. The molecule has 1 aromatic rings. The summed E-state index contributed by atoms with van der Waals surface area (Å²) in [5.41, 5.74) is 3.66. The van der Waals surface area contributed by atoms with E-state index in [4.69, 9.17) is 5.73 Å². The second-order valence-electron chi connectivity index (χ2n) is 3.65. The lowest BCUT2D eigenvalue weighted by Crippen LogP contribution is -2.20. The molecule has 0 bridgehead atoms. The van der Waals surface area contributed by atoms with Crippen LogP contribution in [0.1, 0.15) is 15.9 Å². The van der Waals surface area contributed by atoms with Gasteiger partial charge in [0.1, 0.15) is 0 Å². The summed E-state index contributed by atoms with van der Waals surface area (Å²) in [6, 6.07) is 3.35. The topological polar surface area (TPSA) is 67.2 Å². The minimum absolute atomic E-state index is 0.294. The minimum Gasteiger partial charge on any atom is -0.384 e. The van der Waals surface area contributed by atoms with Gasteiger partial charge < -0.3 is 16.4 Å². The van der Waals surface area contributed by atoms with E-state index < -0.39 is 23.2 Å². The van der Waals surface area contributed by atoms with Crippen LogP contribution in [0, 0.1) is 0 Å². The van der Waals surface area contributed by atoms with E-state index in [0.717, 1.165) is 12.1 Å². The number of benzene rings is 1. The average Bonchev–Trinajstić information content (AvgIpc) is 2.28. The summed E-state index contributed by atoms with van der Waals surface area (Å²) >= 11 is 0. The van der Waals surface area contributed by atoms with E-state index in [1.165, 1.54) is 6.07 Å². The number of rotatable bonds is 5. The van der Waals surface area contributed by atoms with Gasteiger partial charge in [0.25, 0.3) is 0 Å². The lowest BCUT2D eigenvalue weighted by molar-refractivity contribution is -0.137. The molecule has 0 radical (unpaired) electrons. The maximum absolute atomic E-state index is 12.7. The molecule has 0 aliphatic carbocycles. The number of halogens is 3. The highest BCUT2D eigenvalue weighted by atomic mass is 19.4. The Morgan fingerprint density at radius 3 is 2.50 bits per heavy atom. The Bertz CT molecular complexity index is 432. The van der Waals surface area contributed by atoms with Crippen molar-refractivity contribution < 1.29 is 18.0 Å². The average molecular weight is 261 g/mol. The number of carbonyl (C=O) groups excluding carboxylic acids is 1. The monoisotopic (exact) mass is 261 g/mol. The van der Waals surface area contributed by atoms with Crippen LogP contribution in [0.2, 0.25) is 0 Å². The van der Waals surface area contributed by atoms with Crippen molar-refractivity contribution in [2.24, 2.45) is 5.73 Å². The third kappa shape index (κ3) is 3.63. The van der Waals surface area contributed by atoms with Crippen molar-refractivity contribution in [3.63, 3.8) is 0 Å². The van der Waals surface area contributed by atoms with E-state index in [1.807, 2.05) is 0 Å². The van der Waals surface area contributed by atoms with Crippen LogP contribution in [-0.2, 0) is 6.18 Å². The van der Waals surface area contributed by atoms with E-state index >= 15 is 0 Å². The first-order valence-corrected chi connectivity index (χ1v) is 5.25. The zero-order valence-corrected chi connectivity index (χ0v) is 9.77. The molecule has 0 saturated heterocycles. The number of carbonyl (C=O) groups is 1. The van der Waals surface area contributed by atoms with Gasteiger partial charge in [0, 0.05) is 18.8 Å². The summed E-state index contributed by atoms with van der Waals surface area (Å²) in [4.78, 5) is 10.9. The Kier molecular flexibility index (Phi) is 4.55. The SMILES string of the molecule is CNCCNc1ccc(C(N)=O)c(C(F)(F)F)c1. The number of anilines is 1. The quantitative estimate of drug-likeness (QED) is 0.702. The molecule has 0 aliphatic heterocycles. The summed E-state index contributed by atoms with van der Waals surface area (Å²) in [5.74, 6) is -1.09. The highest BCUT2D eigenvalue weighted by Gasteiger charge is 2.35. The lowest BCUT2D eigenvalue weighted by atomic mass is 10.1. The van der Waals surface area contributed by atoms with E-state index in [1.54, 1.807) is 7.05 Å². The first-order chi connectivity index (χ1) is 8.36. The molecule has 0 aromatic heterocycles. The summed E-state index contributed by atoms with van der Waals surface area (Å²) in [7, 11) is 1.74. The lowest BCUT2D eigenvalue weighted by Gasteiger charge is -2.13. The number of hydrogen-bond donors (Lipinski definition) is 3. The molecule has 1 rings (SSSR count). The normalized spacial score (nSPS) is 11.3. The van der Waals surface area contributed by atoms with Crippen LogP contribution in [0.5, 0.6) is 0 Å². The summed E-state index contributed by atoms with van der Waals surface area (Å²) < 4.78 is 38.2. The molecule has 7 heteroatoms. The molecule has 0 aliphatic rings. The molecule has 18 heavy (non-hydrogen) atoms. The summed E-state index contributed by atoms with van der Waals surface area (Å²) in [6.45, 7) is 1.09. The minimum atomic E-state index is -4.61. The fourth-order valence-corrected chi connectivity index (χ4v) is 1.44. The van der Waals surface area contributed by atoms with Gasteiger partial charge in [0.05, 0.1) is 11.1 Å². The molecular formula is C11H14F3N3O. The zero-order chi connectivity index (χ0) is 13.8. The van der Waals surface area contributed by atoms with Gasteiger partial charge in [-0.1, -0.05) is 0 Å². The van der Waals surface area contributed by atoms with Crippen LogP contribution in [-0.4, -0.2) is 26.0 Å². The molecule has 0 unspecified atom stereocenters. The maximum Gasteiger partial charge on any atom is 0.417 e. The van der Waals surface area contributed by atoms with Crippen molar-refractivity contribution in [3.05, 3.63) is 29.3 Å². The Morgan fingerprint density at radius 1 is 1.33 bits per heavy atom. The van der Waals surface area contributed by atoms with E-state index in [2.05, 4.69) is 10.6 Å². The summed E-state index contributed by atoms with van der Waals surface area (Å²) in [5, 5.41) is 5.66. The Labute approximate surface area is 102 Å². The third-order valence-corrected chi connectivity index (χ3v) is 2.29. The molecule has 0 spiro atoms. The Hall–Kier alpha value is -1.76. The maximum atomic E-state index is 12.7. The van der Waals surface area contributed by atoms with E-state index in [0.29, 0.717) is 18.8 Å². The number of alkyl halides is 3. The first-order valence-electron chi connectivity index (χ1n) is 5.25. The highest BCUT2D eigenvalue weighted by Crippen LogP contribution is 2.33. The standard InChI is InChI=1S/C11H14F3N3O/c1-16-4-5-17-7-2-3-8(10(15)18)9(6-7)11(12,13)14/h2-3,6,16-17H,4-5H2,1H3,(H2,15,18). The molecule has 0 saturated carbocycles. The van der Waals surface area contributed by atoms with Crippen LogP contribution < -0.4 is 16.4 Å². The predicted molar refractivity (Wildman–Crippen MR) is 62.4 cm³/mol. The van der Waals surface area contributed by atoms with Gasteiger partial charge in [0.15, 0.2) is 0 Å².